The number of nitrogens with two attached hydrogens (primary N) is 1. The molecule has 6 rings (SSSR count). The normalized spacial score (nSPS) is 21.0. The van der Waals surface area contributed by atoms with Gasteiger partial charge in [0, 0.05) is 38.1 Å². The molecule has 0 radical (unpaired) electrons. The van der Waals surface area contributed by atoms with Crippen LogP contribution in [-0.2, 0) is 0 Å². The standard InChI is InChI=1S/C23H25FN8O2/c24-16-4-7-18(8-5-16)34-14-15-3-6-17-13-31(10-9-30(17)12-15)22-27-21(25)32-23(28-22)26-20(29-32)19-2-1-11-33-19/h1-2,4-5,7-8,11,15,17H,3,6,9-10,12-14H2,(H2,25,26,27,28,29). The largest absolute Gasteiger partial charge is 0.493 e. The number of anilines is 2. The summed E-state index contributed by atoms with van der Waals surface area (Å²) in [5.74, 6) is 3.11. The molecule has 34 heavy (non-hydrogen) atoms. The fourth-order valence-corrected chi connectivity index (χ4v) is 4.77. The van der Waals surface area contributed by atoms with E-state index in [1.54, 1.807) is 30.5 Å². The van der Waals surface area contributed by atoms with Crippen molar-refractivity contribution in [1.29, 1.82) is 0 Å². The fraction of sp³-hybridized carbons (Fsp3) is 0.391. The second kappa shape index (κ2) is 8.56. The Kier molecular flexibility index (Phi) is 5.25. The number of nitrogens with zero attached hydrogens (tertiary/aromatic N) is 7. The number of benzene rings is 1. The molecule has 2 unspecified atom stereocenters. The lowest BCUT2D eigenvalue weighted by molar-refractivity contribution is 0.0725. The summed E-state index contributed by atoms with van der Waals surface area (Å²) >= 11 is 0. The third kappa shape index (κ3) is 4.03. The van der Waals surface area contributed by atoms with Crippen LogP contribution < -0.4 is 15.4 Å². The molecule has 0 saturated carbocycles. The van der Waals surface area contributed by atoms with Crippen molar-refractivity contribution in [2.75, 3.05) is 43.4 Å². The third-order valence-corrected chi connectivity index (χ3v) is 6.55. The monoisotopic (exact) mass is 464 g/mol. The highest BCUT2D eigenvalue weighted by Crippen LogP contribution is 2.28. The van der Waals surface area contributed by atoms with Gasteiger partial charge in [-0.05, 0) is 49.2 Å². The van der Waals surface area contributed by atoms with Gasteiger partial charge < -0.3 is 19.8 Å². The highest BCUT2D eigenvalue weighted by Gasteiger charge is 2.34. The summed E-state index contributed by atoms with van der Waals surface area (Å²) in [6.45, 7) is 4.17. The predicted octanol–water partition coefficient (Wildman–Crippen LogP) is 2.48. The van der Waals surface area contributed by atoms with E-state index in [-0.39, 0.29) is 11.8 Å². The molecule has 176 valence electrons. The summed E-state index contributed by atoms with van der Waals surface area (Å²) in [6.07, 6.45) is 3.72. The van der Waals surface area contributed by atoms with Crippen molar-refractivity contribution in [3.05, 3.63) is 48.5 Å². The van der Waals surface area contributed by atoms with Crippen LogP contribution in [0.4, 0.5) is 16.3 Å². The Labute approximate surface area is 195 Å². The number of halogens is 1. The fourth-order valence-electron chi connectivity index (χ4n) is 4.77. The summed E-state index contributed by atoms with van der Waals surface area (Å²) in [6, 6.07) is 10.2. The summed E-state index contributed by atoms with van der Waals surface area (Å²) in [5.41, 5.74) is 6.18. The van der Waals surface area contributed by atoms with E-state index >= 15 is 0 Å². The van der Waals surface area contributed by atoms with Gasteiger partial charge in [-0.2, -0.15) is 19.5 Å². The van der Waals surface area contributed by atoms with Crippen molar-refractivity contribution >= 4 is 17.7 Å². The SMILES string of the molecule is Nc1nc(N2CCN3CC(COc4ccc(F)cc4)CCC3C2)nc2nc(-c3ccco3)nn12. The lowest BCUT2D eigenvalue weighted by Crippen LogP contribution is -2.57. The Morgan fingerprint density at radius 3 is 2.76 bits per heavy atom. The Bertz CT molecular complexity index is 1280. The van der Waals surface area contributed by atoms with Crippen molar-refractivity contribution in [2.24, 2.45) is 5.92 Å². The third-order valence-electron chi connectivity index (χ3n) is 6.55. The van der Waals surface area contributed by atoms with Crippen molar-refractivity contribution in [3.63, 3.8) is 0 Å². The molecular formula is C23H25FN8O2. The number of hydrogen-bond acceptors (Lipinski definition) is 9. The van der Waals surface area contributed by atoms with E-state index in [0.29, 0.717) is 47.6 Å². The molecule has 2 atom stereocenters. The zero-order chi connectivity index (χ0) is 23.1. The van der Waals surface area contributed by atoms with Gasteiger partial charge in [0.25, 0.3) is 5.78 Å². The molecule has 2 aliphatic heterocycles. The van der Waals surface area contributed by atoms with Gasteiger partial charge in [0.2, 0.25) is 17.7 Å². The molecule has 10 nitrogen and oxygen atoms in total. The first-order valence-electron chi connectivity index (χ1n) is 11.4. The second-order valence-corrected chi connectivity index (χ2v) is 8.81. The van der Waals surface area contributed by atoms with Crippen LogP contribution in [0.5, 0.6) is 5.75 Å². The van der Waals surface area contributed by atoms with Crippen LogP contribution in [0, 0.1) is 11.7 Å². The van der Waals surface area contributed by atoms with E-state index < -0.39 is 0 Å². The predicted molar refractivity (Wildman–Crippen MR) is 123 cm³/mol. The average molecular weight is 465 g/mol. The molecule has 1 aromatic carbocycles. The number of furan rings is 1. The number of hydrogen-bond donors (Lipinski definition) is 1. The highest BCUT2D eigenvalue weighted by atomic mass is 19.1. The topological polar surface area (TPSA) is 111 Å². The van der Waals surface area contributed by atoms with E-state index in [1.165, 1.54) is 16.6 Å². The van der Waals surface area contributed by atoms with Crippen LogP contribution in [0.15, 0.2) is 47.1 Å². The number of rotatable bonds is 5. The first-order chi connectivity index (χ1) is 16.6. The number of piperazine rings is 1. The summed E-state index contributed by atoms with van der Waals surface area (Å²) < 4.78 is 25.8. The Morgan fingerprint density at radius 2 is 1.94 bits per heavy atom. The van der Waals surface area contributed by atoms with Crippen LogP contribution in [0.2, 0.25) is 0 Å². The van der Waals surface area contributed by atoms with Crippen LogP contribution in [-0.4, -0.2) is 68.3 Å². The molecule has 5 heterocycles. The zero-order valence-electron chi connectivity index (χ0n) is 18.5. The van der Waals surface area contributed by atoms with E-state index in [9.17, 15) is 4.39 Å². The smallest absolute Gasteiger partial charge is 0.259 e. The molecule has 0 amide bonds. The van der Waals surface area contributed by atoms with Crippen molar-refractivity contribution in [3.8, 4) is 17.3 Å². The summed E-state index contributed by atoms with van der Waals surface area (Å²) in [7, 11) is 0. The summed E-state index contributed by atoms with van der Waals surface area (Å²) in [4.78, 5) is 18.3. The maximum atomic E-state index is 13.1. The molecule has 2 fully saturated rings. The maximum Gasteiger partial charge on any atom is 0.259 e. The molecule has 11 heteroatoms. The molecule has 2 saturated heterocycles. The van der Waals surface area contributed by atoms with E-state index in [1.807, 2.05) is 0 Å². The minimum atomic E-state index is -0.252. The van der Waals surface area contributed by atoms with Crippen LogP contribution in [0.25, 0.3) is 17.4 Å². The molecule has 2 N–H and O–H groups in total. The molecule has 0 bridgehead atoms. The average Bonchev–Trinajstić information content (AvgIpc) is 3.53. The number of nitrogen functional groups attached to an aromatic ring is 1. The number of fused-ring (bicyclic) bond motifs is 2. The lowest BCUT2D eigenvalue weighted by atomic mass is 9.91. The minimum Gasteiger partial charge on any atom is -0.493 e. The van der Waals surface area contributed by atoms with Crippen molar-refractivity contribution in [1.82, 2.24) is 29.5 Å². The summed E-state index contributed by atoms with van der Waals surface area (Å²) in [5, 5.41) is 4.36. The van der Waals surface area contributed by atoms with Gasteiger partial charge in [0.15, 0.2) is 5.76 Å². The minimum absolute atomic E-state index is 0.245. The first-order valence-corrected chi connectivity index (χ1v) is 11.4. The van der Waals surface area contributed by atoms with Gasteiger partial charge in [-0.1, -0.05) is 0 Å². The molecule has 0 spiro atoms. The Balaban J connectivity index is 1.11. The van der Waals surface area contributed by atoms with Gasteiger partial charge in [-0.25, -0.2) is 4.39 Å². The Morgan fingerprint density at radius 1 is 1.06 bits per heavy atom. The van der Waals surface area contributed by atoms with Gasteiger partial charge >= 0.3 is 0 Å². The van der Waals surface area contributed by atoms with Crippen LogP contribution in [0.3, 0.4) is 0 Å². The van der Waals surface area contributed by atoms with Crippen LogP contribution >= 0.6 is 0 Å². The zero-order valence-corrected chi connectivity index (χ0v) is 18.5. The molecule has 2 aliphatic rings. The highest BCUT2D eigenvalue weighted by molar-refractivity contribution is 5.53. The van der Waals surface area contributed by atoms with Gasteiger partial charge in [0.1, 0.15) is 11.6 Å². The van der Waals surface area contributed by atoms with E-state index in [4.69, 9.17) is 14.9 Å². The maximum absolute atomic E-state index is 13.1. The number of piperidine rings is 1. The quantitative estimate of drug-likeness (QED) is 0.476. The van der Waals surface area contributed by atoms with Crippen LogP contribution in [0.1, 0.15) is 12.8 Å². The van der Waals surface area contributed by atoms with E-state index in [2.05, 4.69) is 29.9 Å². The Hall–Kier alpha value is -3.73. The molecular weight excluding hydrogens is 439 g/mol. The van der Waals surface area contributed by atoms with Gasteiger partial charge in [0.05, 0.1) is 12.9 Å². The first kappa shape index (κ1) is 20.8. The molecule has 4 aromatic rings. The van der Waals surface area contributed by atoms with Crippen molar-refractivity contribution < 1.29 is 13.5 Å². The lowest BCUT2D eigenvalue weighted by Gasteiger charge is -2.46. The number of ether oxygens (including phenoxy) is 1. The van der Waals surface area contributed by atoms with Gasteiger partial charge in [-0.3, -0.25) is 4.90 Å². The van der Waals surface area contributed by atoms with E-state index in [0.717, 1.165) is 39.0 Å². The second-order valence-electron chi connectivity index (χ2n) is 8.81. The van der Waals surface area contributed by atoms with Crippen molar-refractivity contribution in [2.45, 2.75) is 18.9 Å². The van der Waals surface area contributed by atoms with Gasteiger partial charge in [-0.15, -0.1) is 5.10 Å². The molecule has 0 aliphatic carbocycles. The number of aromatic nitrogens is 5. The molecule has 3 aromatic heterocycles.